The highest BCUT2D eigenvalue weighted by atomic mass is 32.2. The highest BCUT2D eigenvalue weighted by Gasteiger charge is 2.26. The molecule has 0 radical (unpaired) electrons. The largest absolute Gasteiger partial charge is 0.246 e. The highest BCUT2D eigenvalue weighted by molar-refractivity contribution is 7.89. The third-order valence-electron chi connectivity index (χ3n) is 4.70. The van der Waals surface area contributed by atoms with Gasteiger partial charge in [-0.05, 0) is 11.1 Å². The van der Waals surface area contributed by atoms with E-state index in [1.807, 2.05) is 91.0 Å². The molecule has 5 nitrogen and oxygen atoms in total. The average Bonchev–Trinajstić information content (AvgIpc) is 2.81. The molecule has 0 saturated carbocycles. The lowest BCUT2D eigenvalue weighted by molar-refractivity contribution is 0.400. The minimum atomic E-state index is -3.79. The smallest absolute Gasteiger partial charge is 0.235 e. The van der Waals surface area contributed by atoms with E-state index in [0.717, 1.165) is 16.7 Å². The Kier molecular flexibility index (Phi) is 5.97. The van der Waals surface area contributed by atoms with Crippen LogP contribution in [-0.4, -0.2) is 22.7 Å². The van der Waals surface area contributed by atoms with E-state index >= 15 is 0 Å². The lowest BCUT2D eigenvalue weighted by atomic mass is 10.2. The Morgan fingerprint density at radius 2 is 1.07 bits per heavy atom. The molecule has 0 atom stereocenters. The van der Waals surface area contributed by atoms with Gasteiger partial charge in [-0.1, -0.05) is 91.0 Å². The van der Waals surface area contributed by atoms with Crippen molar-refractivity contribution in [1.29, 1.82) is 0 Å². The number of rotatable bonds is 7. The zero-order valence-electron chi connectivity index (χ0n) is 16.3. The monoisotopic (exact) mass is 415 g/mol. The Hall–Kier alpha value is -3.35. The first-order valence-electron chi connectivity index (χ1n) is 9.58. The number of hydrogen-bond acceptors (Lipinski definition) is 4. The summed E-state index contributed by atoms with van der Waals surface area (Å²) in [7, 11) is -3.79. The maximum absolute atomic E-state index is 13.4. The van der Waals surface area contributed by atoms with Crippen molar-refractivity contribution in [3.8, 4) is 11.4 Å². The number of benzene rings is 3. The highest BCUT2D eigenvalue weighted by Crippen LogP contribution is 2.22. The van der Waals surface area contributed by atoms with Crippen molar-refractivity contribution < 1.29 is 8.42 Å². The molecule has 1 aromatic heterocycles. The van der Waals surface area contributed by atoms with Crippen LogP contribution in [0.5, 0.6) is 0 Å². The maximum atomic E-state index is 13.4. The topological polar surface area (TPSA) is 63.2 Å². The first kappa shape index (κ1) is 19.9. The molecule has 1 heterocycles. The van der Waals surface area contributed by atoms with Crippen molar-refractivity contribution in [3.05, 3.63) is 115 Å². The van der Waals surface area contributed by atoms with E-state index in [2.05, 4.69) is 9.97 Å². The van der Waals surface area contributed by atoms with E-state index in [1.54, 1.807) is 0 Å². The Labute approximate surface area is 176 Å². The fourth-order valence-electron chi connectivity index (χ4n) is 3.13. The number of aromatic nitrogens is 2. The Bertz CT molecular complexity index is 1140. The van der Waals surface area contributed by atoms with Crippen LogP contribution in [0.1, 0.15) is 11.1 Å². The summed E-state index contributed by atoms with van der Waals surface area (Å²) in [6.07, 6.45) is 2.77. The summed E-state index contributed by atoms with van der Waals surface area (Å²) in [5.74, 6) is 0.493. The zero-order chi connectivity index (χ0) is 20.8. The quantitative estimate of drug-likeness (QED) is 0.445. The maximum Gasteiger partial charge on any atom is 0.246 e. The summed E-state index contributed by atoms with van der Waals surface area (Å²) in [6.45, 7) is 0.525. The van der Waals surface area contributed by atoms with Crippen LogP contribution in [0, 0.1) is 0 Å². The molecule has 0 fully saturated rings. The van der Waals surface area contributed by atoms with Gasteiger partial charge in [0.2, 0.25) is 10.0 Å². The average molecular weight is 416 g/mol. The molecule has 0 aliphatic rings. The van der Waals surface area contributed by atoms with Gasteiger partial charge in [-0.25, -0.2) is 18.4 Å². The predicted octanol–water partition coefficient (Wildman–Crippen LogP) is 4.53. The molecule has 4 aromatic rings. The summed E-state index contributed by atoms with van der Waals surface area (Å²) in [5.41, 5.74) is 2.67. The van der Waals surface area contributed by atoms with E-state index in [4.69, 9.17) is 0 Å². The third-order valence-corrected chi connectivity index (χ3v) is 6.45. The van der Waals surface area contributed by atoms with Gasteiger partial charge in [-0.3, -0.25) is 0 Å². The van der Waals surface area contributed by atoms with Crippen LogP contribution in [-0.2, 0) is 23.1 Å². The summed E-state index contributed by atoms with van der Waals surface area (Å²) >= 11 is 0. The molecular formula is C24H21N3O2S. The Morgan fingerprint density at radius 3 is 1.53 bits per heavy atom. The van der Waals surface area contributed by atoms with Crippen LogP contribution in [0.25, 0.3) is 11.4 Å². The molecule has 4 rings (SSSR count). The molecule has 6 heteroatoms. The second-order valence-electron chi connectivity index (χ2n) is 6.85. The lowest BCUT2D eigenvalue weighted by Crippen LogP contribution is -2.30. The van der Waals surface area contributed by atoms with Gasteiger partial charge in [-0.15, -0.1) is 0 Å². The van der Waals surface area contributed by atoms with Gasteiger partial charge < -0.3 is 0 Å². The molecule has 0 aliphatic carbocycles. The fraction of sp³-hybridized carbons (Fsp3) is 0.0833. The SMILES string of the molecule is O=S(=O)(c1cnc(-c2ccccc2)nc1)N(Cc1ccccc1)Cc1ccccc1. The molecule has 3 aromatic carbocycles. The van der Waals surface area contributed by atoms with Crippen LogP contribution in [0.15, 0.2) is 108 Å². The van der Waals surface area contributed by atoms with Crippen molar-refractivity contribution in [2.24, 2.45) is 0 Å². The van der Waals surface area contributed by atoms with Crippen LogP contribution in [0.4, 0.5) is 0 Å². The van der Waals surface area contributed by atoms with E-state index < -0.39 is 10.0 Å². The normalized spacial score (nSPS) is 11.5. The standard InChI is InChI=1S/C24H21N3O2S/c28-30(29,23-16-25-24(26-17-23)22-14-8-3-9-15-22)27(18-20-10-4-1-5-11-20)19-21-12-6-2-7-13-21/h1-17H,18-19H2. The predicted molar refractivity (Wildman–Crippen MR) is 117 cm³/mol. The first-order chi connectivity index (χ1) is 14.6. The molecular weight excluding hydrogens is 394 g/mol. The summed E-state index contributed by atoms with van der Waals surface area (Å²) in [5, 5.41) is 0. The zero-order valence-corrected chi connectivity index (χ0v) is 17.1. The molecule has 150 valence electrons. The molecule has 0 N–H and O–H groups in total. The van der Waals surface area contributed by atoms with E-state index in [9.17, 15) is 8.42 Å². The van der Waals surface area contributed by atoms with Crippen molar-refractivity contribution in [1.82, 2.24) is 14.3 Å². The van der Waals surface area contributed by atoms with Crippen molar-refractivity contribution in [3.63, 3.8) is 0 Å². The number of sulfonamides is 1. The summed E-state index contributed by atoms with van der Waals surface area (Å²) in [6, 6.07) is 28.6. The number of hydrogen-bond donors (Lipinski definition) is 0. The third kappa shape index (κ3) is 4.62. The minimum Gasteiger partial charge on any atom is -0.235 e. The van der Waals surface area contributed by atoms with Crippen molar-refractivity contribution >= 4 is 10.0 Å². The molecule has 30 heavy (non-hydrogen) atoms. The number of nitrogens with zero attached hydrogens (tertiary/aromatic N) is 3. The molecule has 0 aliphatic heterocycles. The van der Waals surface area contributed by atoms with Crippen LogP contribution < -0.4 is 0 Å². The molecule has 0 amide bonds. The van der Waals surface area contributed by atoms with Crippen LogP contribution in [0.3, 0.4) is 0 Å². The van der Waals surface area contributed by atoms with Gasteiger partial charge in [-0.2, -0.15) is 4.31 Å². The fourth-order valence-corrected chi connectivity index (χ4v) is 4.44. The lowest BCUT2D eigenvalue weighted by Gasteiger charge is -2.22. The van der Waals surface area contributed by atoms with Crippen LogP contribution >= 0.6 is 0 Å². The van der Waals surface area contributed by atoms with Gasteiger partial charge in [0, 0.05) is 18.7 Å². The molecule has 0 spiro atoms. The van der Waals surface area contributed by atoms with Crippen LogP contribution in [0.2, 0.25) is 0 Å². The first-order valence-corrected chi connectivity index (χ1v) is 11.0. The minimum absolute atomic E-state index is 0.0778. The van der Waals surface area contributed by atoms with Gasteiger partial charge in [0.1, 0.15) is 4.90 Å². The second kappa shape index (κ2) is 8.98. The van der Waals surface area contributed by atoms with Crippen molar-refractivity contribution in [2.45, 2.75) is 18.0 Å². The molecule has 0 bridgehead atoms. The summed E-state index contributed by atoms with van der Waals surface area (Å²) < 4.78 is 28.3. The van der Waals surface area contributed by atoms with E-state index in [0.29, 0.717) is 5.82 Å². The van der Waals surface area contributed by atoms with E-state index in [-0.39, 0.29) is 18.0 Å². The van der Waals surface area contributed by atoms with Gasteiger partial charge in [0.15, 0.2) is 5.82 Å². The van der Waals surface area contributed by atoms with Gasteiger partial charge in [0.25, 0.3) is 0 Å². The van der Waals surface area contributed by atoms with Gasteiger partial charge in [0.05, 0.1) is 12.4 Å². The Morgan fingerprint density at radius 1 is 0.633 bits per heavy atom. The van der Waals surface area contributed by atoms with E-state index in [1.165, 1.54) is 16.7 Å². The van der Waals surface area contributed by atoms with Crippen molar-refractivity contribution in [2.75, 3.05) is 0 Å². The molecule has 0 unspecified atom stereocenters. The summed E-state index contributed by atoms with van der Waals surface area (Å²) in [4.78, 5) is 8.67. The Balaban J connectivity index is 1.65. The van der Waals surface area contributed by atoms with Gasteiger partial charge >= 0.3 is 0 Å². The second-order valence-corrected chi connectivity index (χ2v) is 8.79. The molecule has 0 saturated heterocycles.